The minimum atomic E-state index is -0.194. The van der Waals surface area contributed by atoms with Gasteiger partial charge >= 0.3 is 0 Å². The van der Waals surface area contributed by atoms with Gasteiger partial charge in [-0.05, 0) is 36.8 Å². The summed E-state index contributed by atoms with van der Waals surface area (Å²) in [7, 11) is 0. The van der Waals surface area contributed by atoms with E-state index in [1.54, 1.807) is 18.2 Å². The average Bonchev–Trinajstić information content (AvgIpc) is 2.61. The molecule has 0 aliphatic carbocycles. The number of rotatable bonds is 3. The van der Waals surface area contributed by atoms with Crippen LogP contribution < -0.4 is 4.90 Å². The number of aromatic nitrogens is 2. The second-order valence-corrected chi connectivity index (χ2v) is 5.64. The van der Waals surface area contributed by atoms with Crippen LogP contribution in [0.25, 0.3) is 0 Å². The van der Waals surface area contributed by atoms with Crippen LogP contribution in [0.2, 0.25) is 0 Å². The summed E-state index contributed by atoms with van der Waals surface area (Å²) in [6.07, 6.45) is 0. The molecule has 0 amide bonds. The lowest BCUT2D eigenvalue weighted by Gasteiger charge is -2.38. The molecule has 3 rings (SSSR count). The Morgan fingerprint density at radius 2 is 1.91 bits per heavy atom. The van der Waals surface area contributed by atoms with E-state index in [2.05, 4.69) is 26.9 Å². The largest absolute Gasteiger partial charge is 0.353 e. The third-order valence-corrected chi connectivity index (χ3v) is 4.28. The van der Waals surface area contributed by atoms with Gasteiger partial charge in [-0.25, -0.2) is 4.39 Å². The lowest BCUT2D eigenvalue weighted by molar-refractivity contribution is 0.198. The maximum absolute atomic E-state index is 13.4. The summed E-state index contributed by atoms with van der Waals surface area (Å²) >= 11 is 0. The van der Waals surface area contributed by atoms with Gasteiger partial charge in [-0.1, -0.05) is 12.1 Å². The molecule has 5 nitrogen and oxygen atoms in total. The Hall–Kier alpha value is -2.52. The lowest BCUT2D eigenvalue weighted by Crippen LogP contribution is -2.47. The van der Waals surface area contributed by atoms with Gasteiger partial charge in [-0.3, -0.25) is 4.90 Å². The second-order valence-electron chi connectivity index (χ2n) is 5.64. The molecule has 1 aliphatic heterocycles. The van der Waals surface area contributed by atoms with Gasteiger partial charge in [0.1, 0.15) is 11.9 Å². The molecule has 0 spiro atoms. The van der Waals surface area contributed by atoms with Crippen LogP contribution in [0.5, 0.6) is 0 Å². The van der Waals surface area contributed by atoms with Crippen molar-refractivity contribution < 1.29 is 4.39 Å². The van der Waals surface area contributed by atoms with Crippen LogP contribution in [0.4, 0.5) is 10.2 Å². The molecule has 0 radical (unpaired) electrons. The molecule has 23 heavy (non-hydrogen) atoms. The van der Waals surface area contributed by atoms with E-state index in [4.69, 9.17) is 5.26 Å². The van der Waals surface area contributed by atoms with Crippen molar-refractivity contribution in [3.05, 3.63) is 53.5 Å². The van der Waals surface area contributed by atoms with Crippen LogP contribution in [-0.4, -0.2) is 41.3 Å². The third-order valence-electron chi connectivity index (χ3n) is 4.28. The molecule has 1 aliphatic rings. The van der Waals surface area contributed by atoms with Crippen LogP contribution in [-0.2, 0) is 0 Å². The highest BCUT2D eigenvalue weighted by molar-refractivity contribution is 5.39. The minimum absolute atomic E-state index is 0.180. The van der Waals surface area contributed by atoms with E-state index in [0.29, 0.717) is 5.69 Å². The van der Waals surface area contributed by atoms with E-state index >= 15 is 0 Å². The van der Waals surface area contributed by atoms with Crippen molar-refractivity contribution in [2.24, 2.45) is 0 Å². The molecule has 1 aromatic heterocycles. The number of nitrogens with zero attached hydrogens (tertiary/aromatic N) is 5. The zero-order chi connectivity index (χ0) is 16.2. The Labute approximate surface area is 135 Å². The summed E-state index contributed by atoms with van der Waals surface area (Å²) in [5.74, 6) is 0.600. The number of hydrogen-bond donors (Lipinski definition) is 0. The lowest BCUT2D eigenvalue weighted by atomic mass is 10.1. The van der Waals surface area contributed by atoms with E-state index in [0.717, 1.165) is 37.6 Å². The highest BCUT2D eigenvalue weighted by atomic mass is 19.1. The van der Waals surface area contributed by atoms with Crippen molar-refractivity contribution >= 4 is 5.82 Å². The summed E-state index contributed by atoms with van der Waals surface area (Å²) in [6.45, 7) is 5.52. The van der Waals surface area contributed by atoms with Crippen molar-refractivity contribution in [3.63, 3.8) is 0 Å². The number of benzene rings is 1. The first-order chi connectivity index (χ1) is 11.2. The first-order valence-electron chi connectivity index (χ1n) is 7.65. The molecule has 0 bridgehead atoms. The highest BCUT2D eigenvalue weighted by Crippen LogP contribution is 2.23. The normalized spacial score (nSPS) is 16.8. The SMILES string of the molecule is C[C@@H](c1cccc(F)c1)N1CCN(c2ccc(C#N)nn2)CC1. The van der Waals surface area contributed by atoms with Crippen molar-refractivity contribution in [2.75, 3.05) is 31.1 Å². The summed E-state index contributed by atoms with van der Waals surface area (Å²) in [4.78, 5) is 4.49. The van der Waals surface area contributed by atoms with Crippen LogP contribution >= 0.6 is 0 Å². The first-order valence-corrected chi connectivity index (χ1v) is 7.65. The van der Waals surface area contributed by atoms with Gasteiger partial charge in [0.15, 0.2) is 11.5 Å². The first kappa shape index (κ1) is 15.4. The number of nitriles is 1. The van der Waals surface area contributed by atoms with E-state index in [-0.39, 0.29) is 11.9 Å². The van der Waals surface area contributed by atoms with Gasteiger partial charge in [0.25, 0.3) is 0 Å². The number of halogens is 1. The maximum Gasteiger partial charge on any atom is 0.163 e. The van der Waals surface area contributed by atoms with Crippen molar-refractivity contribution in [1.29, 1.82) is 5.26 Å². The third kappa shape index (κ3) is 3.46. The molecule has 0 N–H and O–H groups in total. The quantitative estimate of drug-likeness (QED) is 0.871. The fraction of sp³-hybridized carbons (Fsp3) is 0.353. The standard InChI is InChI=1S/C17H18FN5/c1-13(14-3-2-4-15(18)11-14)22-7-9-23(10-8-22)17-6-5-16(12-19)20-21-17/h2-6,11,13H,7-10H2,1H3/t13-/m0/s1. The zero-order valence-electron chi connectivity index (χ0n) is 13.0. The van der Waals surface area contributed by atoms with Gasteiger partial charge in [0, 0.05) is 32.2 Å². The fourth-order valence-electron chi connectivity index (χ4n) is 2.87. The molecule has 1 saturated heterocycles. The van der Waals surface area contributed by atoms with Gasteiger partial charge in [-0.2, -0.15) is 5.26 Å². The highest BCUT2D eigenvalue weighted by Gasteiger charge is 2.23. The fourth-order valence-corrected chi connectivity index (χ4v) is 2.87. The van der Waals surface area contributed by atoms with Crippen molar-refractivity contribution in [1.82, 2.24) is 15.1 Å². The van der Waals surface area contributed by atoms with E-state index in [9.17, 15) is 4.39 Å². The van der Waals surface area contributed by atoms with Crippen LogP contribution in [0.15, 0.2) is 36.4 Å². The van der Waals surface area contributed by atoms with Crippen LogP contribution in [0.1, 0.15) is 24.2 Å². The van der Waals surface area contributed by atoms with Gasteiger partial charge in [0.05, 0.1) is 0 Å². The number of piperazine rings is 1. The summed E-state index contributed by atoms with van der Waals surface area (Å²) in [6, 6.07) is 12.5. The van der Waals surface area contributed by atoms with E-state index < -0.39 is 0 Å². The molecule has 1 fully saturated rings. The molecule has 1 atom stereocenters. The molecule has 0 saturated carbocycles. The Kier molecular flexibility index (Phi) is 4.49. The predicted octanol–water partition coefficient (Wildman–Crippen LogP) is 2.37. The van der Waals surface area contributed by atoms with Crippen LogP contribution in [0.3, 0.4) is 0 Å². The van der Waals surface area contributed by atoms with Crippen molar-refractivity contribution in [3.8, 4) is 6.07 Å². The molecule has 0 unspecified atom stereocenters. The average molecular weight is 311 g/mol. The molecule has 6 heteroatoms. The monoisotopic (exact) mass is 311 g/mol. The number of anilines is 1. The molecule has 1 aromatic carbocycles. The predicted molar refractivity (Wildman–Crippen MR) is 85.3 cm³/mol. The molecular weight excluding hydrogens is 293 g/mol. The molecule has 2 aromatic rings. The Bertz CT molecular complexity index is 702. The molecule has 2 heterocycles. The number of hydrogen-bond acceptors (Lipinski definition) is 5. The molecular formula is C17H18FN5. The van der Waals surface area contributed by atoms with E-state index in [1.807, 2.05) is 18.2 Å². The van der Waals surface area contributed by atoms with E-state index in [1.165, 1.54) is 6.07 Å². The summed E-state index contributed by atoms with van der Waals surface area (Å²) in [5, 5.41) is 16.7. The maximum atomic E-state index is 13.4. The van der Waals surface area contributed by atoms with Crippen LogP contribution in [0, 0.1) is 17.1 Å². The van der Waals surface area contributed by atoms with Crippen molar-refractivity contribution in [2.45, 2.75) is 13.0 Å². The topological polar surface area (TPSA) is 56.0 Å². The van der Waals surface area contributed by atoms with Gasteiger partial charge in [0.2, 0.25) is 0 Å². The Morgan fingerprint density at radius 3 is 2.52 bits per heavy atom. The Morgan fingerprint density at radius 1 is 1.13 bits per heavy atom. The van der Waals surface area contributed by atoms with Gasteiger partial charge < -0.3 is 4.90 Å². The van der Waals surface area contributed by atoms with Gasteiger partial charge in [-0.15, -0.1) is 10.2 Å². The Balaban J connectivity index is 1.62. The summed E-state index contributed by atoms with van der Waals surface area (Å²) < 4.78 is 13.4. The zero-order valence-corrected chi connectivity index (χ0v) is 13.0. The second kappa shape index (κ2) is 6.71. The summed E-state index contributed by atoms with van der Waals surface area (Å²) in [5.41, 5.74) is 1.32. The smallest absolute Gasteiger partial charge is 0.163 e. The minimum Gasteiger partial charge on any atom is -0.353 e. The molecule has 118 valence electrons.